The second-order valence-electron chi connectivity index (χ2n) is 6.66. The highest BCUT2D eigenvalue weighted by Gasteiger charge is 2.30. The SMILES string of the molecule is CC(C)(C)OC(=O)N1CCNCC1Cc1ccc([N+](=O)[O-])cc1. The van der Waals surface area contributed by atoms with Gasteiger partial charge in [0, 0.05) is 31.8 Å². The first-order valence-electron chi connectivity index (χ1n) is 7.70. The molecular formula is C16H23N3O4. The van der Waals surface area contributed by atoms with Crippen LogP contribution in [-0.4, -0.2) is 47.2 Å². The molecule has 0 saturated carbocycles. The lowest BCUT2D eigenvalue weighted by molar-refractivity contribution is -0.384. The highest BCUT2D eigenvalue weighted by Crippen LogP contribution is 2.18. The Kier molecular flexibility index (Phi) is 5.20. The summed E-state index contributed by atoms with van der Waals surface area (Å²) in [6.07, 6.45) is 0.315. The first kappa shape index (κ1) is 17.2. The maximum absolute atomic E-state index is 12.3. The van der Waals surface area contributed by atoms with Crippen LogP contribution in [0.4, 0.5) is 10.5 Å². The number of nitrogens with one attached hydrogen (secondary N) is 1. The van der Waals surface area contributed by atoms with E-state index in [1.165, 1.54) is 12.1 Å². The van der Waals surface area contributed by atoms with Crippen molar-refractivity contribution in [3.05, 3.63) is 39.9 Å². The van der Waals surface area contributed by atoms with Gasteiger partial charge in [0.2, 0.25) is 0 Å². The van der Waals surface area contributed by atoms with Gasteiger partial charge < -0.3 is 15.0 Å². The fourth-order valence-corrected chi connectivity index (χ4v) is 2.53. The molecule has 0 radical (unpaired) electrons. The first-order chi connectivity index (χ1) is 10.8. The maximum Gasteiger partial charge on any atom is 0.410 e. The van der Waals surface area contributed by atoms with Gasteiger partial charge in [0.25, 0.3) is 5.69 Å². The third-order valence-corrected chi connectivity index (χ3v) is 3.60. The van der Waals surface area contributed by atoms with Crippen LogP contribution in [0.5, 0.6) is 0 Å². The van der Waals surface area contributed by atoms with Crippen molar-refractivity contribution in [3.8, 4) is 0 Å². The Morgan fingerprint density at radius 2 is 2.04 bits per heavy atom. The minimum Gasteiger partial charge on any atom is -0.444 e. The van der Waals surface area contributed by atoms with E-state index in [2.05, 4.69) is 5.32 Å². The summed E-state index contributed by atoms with van der Waals surface area (Å²) in [6, 6.07) is 6.42. The van der Waals surface area contributed by atoms with Crippen molar-refractivity contribution in [2.24, 2.45) is 0 Å². The summed E-state index contributed by atoms with van der Waals surface area (Å²) in [5.41, 5.74) is 0.497. The molecular weight excluding hydrogens is 298 g/mol. The van der Waals surface area contributed by atoms with Crippen LogP contribution in [0, 0.1) is 10.1 Å². The second-order valence-corrected chi connectivity index (χ2v) is 6.66. The Morgan fingerprint density at radius 3 is 2.61 bits per heavy atom. The Morgan fingerprint density at radius 1 is 1.39 bits per heavy atom. The summed E-state index contributed by atoms with van der Waals surface area (Å²) in [7, 11) is 0. The number of hydrogen-bond acceptors (Lipinski definition) is 5. The number of amides is 1. The van der Waals surface area contributed by atoms with Crippen LogP contribution < -0.4 is 5.32 Å². The van der Waals surface area contributed by atoms with Crippen molar-refractivity contribution in [3.63, 3.8) is 0 Å². The fourth-order valence-electron chi connectivity index (χ4n) is 2.53. The fraction of sp³-hybridized carbons (Fsp3) is 0.562. The Labute approximate surface area is 135 Å². The number of benzene rings is 1. The average molecular weight is 321 g/mol. The van der Waals surface area contributed by atoms with Crippen LogP contribution in [0.25, 0.3) is 0 Å². The molecule has 23 heavy (non-hydrogen) atoms. The second kappa shape index (κ2) is 6.95. The molecule has 7 nitrogen and oxygen atoms in total. The highest BCUT2D eigenvalue weighted by atomic mass is 16.6. The smallest absolute Gasteiger partial charge is 0.410 e. The molecule has 1 N–H and O–H groups in total. The van der Waals surface area contributed by atoms with Gasteiger partial charge in [0.15, 0.2) is 0 Å². The van der Waals surface area contributed by atoms with Gasteiger partial charge in [-0.05, 0) is 32.8 Å². The molecule has 0 aliphatic carbocycles. The van der Waals surface area contributed by atoms with Crippen LogP contribution in [-0.2, 0) is 11.2 Å². The summed E-state index contributed by atoms with van der Waals surface area (Å²) in [6.45, 7) is 7.54. The summed E-state index contributed by atoms with van der Waals surface area (Å²) in [5, 5.41) is 14.0. The summed E-state index contributed by atoms with van der Waals surface area (Å²) >= 11 is 0. The topological polar surface area (TPSA) is 84.7 Å². The van der Waals surface area contributed by atoms with Gasteiger partial charge in [0.05, 0.1) is 11.0 Å². The Balaban J connectivity index is 2.06. The normalized spacial score (nSPS) is 18.6. The van der Waals surface area contributed by atoms with Crippen molar-refractivity contribution in [2.45, 2.75) is 38.8 Å². The zero-order valence-electron chi connectivity index (χ0n) is 13.7. The van der Waals surface area contributed by atoms with Gasteiger partial charge in [0.1, 0.15) is 5.60 Å². The third-order valence-electron chi connectivity index (χ3n) is 3.60. The summed E-state index contributed by atoms with van der Waals surface area (Å²) in [5.74, 6) is 0. The molecule has 0 bridgehead atoms. The van der Waals surface area contributed by atoms with Crippen LogP contribution in [0.3, 0.4) is 0 Å². The maximum atomic E-state index is 12.3. The first-order valence-corrected chi connectivity index (χ1v) is 7.70. The molecule has 1 unspecified atom stereocenters. The average Bonchev–Trinajstić information content (AvgIpc) is 2.46. The molecule has 1 aliphatic heterocycles. The third kappa shape index (κ3) is 4.92. The number of nitrogens with zero attached hydrogens (tertiary/aromatic N) is 2. The number of rotatable bonds is 3. The zero-order chi connectivity index (χ0) is 17.0. The number of non-ortho nitro benzene ring substituents is 1. The quantitative estimate of drug-likeness (QED) is 0.682. The van der Waals surface area contributed by atoms with Gasteiger partial charge in [-0.3, -0.25) is 10.1 Å². The van der Waals surface area contributed by atoms with Gasteiger partial charge in [-0.2, -0.15) is 0 Å². The van der Waals surface area contributed by atoms with Gasteiger partial charge in [-0.15, -0.1) is 0 Å². The van der Waals surface area contributed by atoms with E-state index < -0.39 is 10.5 Å². The monoisotopic (exact) mass is 321 g/mol. The number of carbonyl (C=O) groups excluding carboxylic acids is 1. The largest absolute Gasteiger partial charge is 0.444 e. The molecule has 126 valence electrons. The van der Waals surface area contributed by atoms with Crippen LogP contribution in [0.1, 0.15) is 26.3 Å². The molecule has 1 aliphatic rings. The van der Waals surface area contributed by atoms with E-state index in [0.717, 1.165) is 12.1 Å². The Bertz CT molecular complexity index is 566. The number of hydrogen-bond donors (Lipinski definition) is 1. The number of carbonyl (C=O) groups is 1. The molecule has 7 heteroatoms. The van der Waals surface area contributed by atoms with Gasteiger partial charge in [-0.25, -0.2) is 4.79 Å². The predicted octanol–water partition coefficient (Wildman–Crippen LogP) is 2.35. The number of nitro groups is 1. The molecule has 1 fully saturated rings. The van der Waals surface area contributed by atoms with Crippen molar-refractivity contribution >= 4 is 11.8 Å². The zero-order valence-corrected chi connectivity index (χ0v) is 13.7. The number of nitro benzene ring substituents is 1. The lowest BCUT2D eigenvalue weighted by atomic mass is 10.0. The minimum absolute atomic E-state index is 0.0277. The standard InChI is InChI=1S/C16H23N3O4/c1-16(2,3)23-15(20)18-9-8-17-11-14(18)10-12-4-6-13(7-5-12)19(21)22/h4-7,14,17H,8-11H2,1-3H3. The molecule has 1 aromatic carbocycles. The van der Waals surface area contributed by atoms with E-state index in [1.807, 2.05) is 20.8 Å². The molecule has 2 rings (SSSR count). The van der Waals surface area contributed by atoms with Gasteiger partial charge in [-0.1, -0.05) is 12.1 Å². The predicted molar refractivity (Wildman–Crippen MR) is 86.4 cm³/mol. The molecule has 1 heterocycles. The molecule has 0 spiro atoms. The number of piperazine rings is 1. The van der Waals surface area contributed by atoms with E-state index in [9.17, 15) is 14.9 Å². The van der Waals surface area contributed by atoms with E-state index in [1.54, 1.807) is 17.0 Å². The van der Waals surface area contributed by atoms with Crippen molar-refractivity contribution < 1.29 is 14.5 Å². The van der Waals surface area contributed by atoms with E-state index >= 15 is 0 Å². The molecule has 1 atom stereocenters. The minimum atomic E-state index is -0.528. The molecule has 1 aromatic rings. The lowest BCUT2D eigenvalue weighted by Crippen LogP contribution is -2.55. The summed E-state index contributed by atoms with van der Waals surface area (Å²) in [4.78, 5) is 24.4. The molecule has 1 saturated heterocycles. The van der Waals surface area contributed by atoms with Crippen LogP contribution >= 0.6 is 0 Å². The van der Waals surface area contributed by atoms with E-state index in [4.69, 9.17) is 4.74 Å². The summed E-state index contributed by atoms with van der Waals surface area (Å²) < 4.78 is 5.47. The highest BCUT2D eigenvalue weighted by molar-refractivity contribution is 5.68. The van der Waals surface area contributed by atoms with Crippen LogP contribution in [0.15, 0.2) is 24.3 Å². The van der Waals surface area contributed by atoms with Gasteiger partial charge >= 0.3 is 6.09 Å². The lowest BCUT2D eigenvalue weighted by Gasteiger charge is -2.37. The van der Waals surface area contributed by atoms with Crippen molar-refractivity contribution in [1.29, 1.82) is 0 Å². The van der Waals surface area contributed by atoms with Crippen molar-refractivity contribution in [1.82, 2.24) is 10.2 Å². The number of ether oxygens (including phenoxy) is 1. The van der Waals surface area contributed by atoms with E-state index in [-0.39, 0.29) is 17.8 Å². The Hall–Kier alpha value is -2.15. The molecule has 0 aromatic heterocycles. The van der Waals surface area contributed by atoms with E-state index in [0.29, 0.717) is 19.5 Å². The van der Waals surface area contributed by atoms with Crippen molar-refractivity contribution in [2.75, 3.05) is 19.6 Å². The van der Waals surface area contributed by atoms with Crippen LogP contribution in [0.2, 0.25) is 0 Å². The molecule has 1 amide bonds.